The molecule has 3 rings (SSSR count). The Kier molecular flexibility index (Phi) is 7.42. The zero-order valence-corrected chi connectivity index (χ0v) is 16.0. The highest BCUT2D eigenvalue weighted by atomic mass is 16.5. The van der Waals surface area contributed by atoms with Crippen molar-refractivity contribution >= 4 is 5.91 Å². The second-order valence-electron chi connectivity index (χ2n) is 6.94. The summed E-state index contributed by atoms with van der Waals surface area (Å²) in [5, 5.41) is 7.21. The minimum Gasteiger partial charge on any atom is -0.382 e. The lowest BCUT2D eigenvalue weighted by atomic mass is 9.96. The molecule has 1 N–H and O–H groups in total. The molecule has 2 aromatic rings. The van der Waals surface area contributed by atoms with Crippen LogP contribution in [0.5, 0.6) is 0 Å². The Balaban J connectivity index is 1.39. The number of ether oxygens (including phenoxy) is 1. The molecule has 1 aromatic carbocycles. The molecule has 6 nitrogen and oxygen atoms in total. The maximum Gasteiger partial charge on any atom is 0.223 e. The van der Waals surface area contributed by atoms with Crippen LogP contribution in [0.15, 0.2) is 40.9 Å². The Labute approximate surface area is 160 Å². The van der Waals surface area contributed by atoms with Crippen molar-refractivity contribution in [2.24, 2.45) is 5.92 Å². The van der Waals surface area contributed by atoms with Gasteiger partial charge in [0.05, 0.1) is 6.54 Å². The van der Waals surface area contributed by atoms with Crippen LogP contribution in [0.2, 0.25) is 0 Å². The van der Waals surface area contributed by atoms with Crippen molar-refractivity contribution in [1.29, 1.82) is 0 Å². The van der Waals surface area contributed by atoms with Crippen LogP contribution in [-0.4, -0.2) is 48.8 Å². The van der Waals surface area contributed by atoms with Gasteiger partial charge in [-0.1, -0.05) is 35.5 Å². The average Bonchev–Trinajstić information content (AvgIpc) is 3.17. The van der Waals surface area contributed by atoms with Crippen molar-refractivity contribution in [3.8, 4) is 11.3 Å². The fraction of sp³-hybridized carbons (Fsp3) is 0.524. The van der Waals surface area contributed by atoms with Gasteiger partial charge in [-0.05, 0) is 39.3 Å². The van der Waals surface area contributed by atoms with Gasteiger partial charge in [0.25, 0.3) is 0 Å². The van der Waals surface area contributed by atoms with Crippen molar-refractivity contribution in [3.05, 3.63) is 42.2 Å². The second kappa shape index (κ2) is 10.2. The number of hydrogen-bond acceptors (Lipinski definition) is 5. The summed E-state index contributed by atoms with van der Waals surface area (Å²) >= 11 is 0. The van der Waals surface area contributed by atoms with Gasteiger partial charge in [-0.3, -0.25) is 9.69 Å². The first kappa shape index (κ1) is 19.6. The normalized spacial score (nSPS) is 15.7. The Hall–Kier alpha value is -2.18. The average molecular weight is 371 g/mol. The third-order valence-electron chi connectivity index (χ3n) is 4.94. The summed E-state index contributed by atoms with van der Waals surface area (Å²) < 4.78 is 10.8. The molecule has 1 aliphatic rings. The summed E-state index contributed by atoms with van der Waals surface area (Å²) in [4.78, 5) is 14.6. The van der Waals surface area contributed by atoms with Crippen molar-refractivity contribution in [2.75, 3.05) is 32.8 Å². The van der Waals surface area contributed by atoms with Crippen LogP contribution < -0.4 is 5.32 Å². The molecule has 146 valence electrons. The first-order chi connectivity index (χ1) is 13.3. The number of carbonyl (C=O) groups is 1. The summed E-state index contributed by atoms with van der Waals surface area (Å²) in [5.74, 6) is 1.16. The number of amides is 1. The summed E-state index contributed by atoms with van der Waals surface area (Å²) in [6.07, 6.45) is 2.64. The van der Waals surface area contributed by atoms with Crippen molar-refractivity contribution in [3.63, 3.8) is 0 Å². The van der Waals surface area contributed by atoms with E-state index in [4.69, 9.17) is 9.26 Å². The fourth-order valence-corrected chi connectivity index (χ4v) is 3.38. The number of hydrogen-bond donors (Lipinski definition) is 1. The number of rotatable bonds is 9. The maximum atomic E-state index is 12.3. The van der Waals surface area contributed by atoms with E-state index in [1.165, 1.54) is 0 Å². The summed E-state index contributed by atoms with van der Waals surface area (Å²) in [7, 11) is 0. The largest absolute Gasteiger partial charge is 0.382 e. The molecule has 1 amide bonds. The van der Waals surface area contributed by atoms with E-state index < -0.39 is 0 Å². The van der Waals surface area contributed by atoms with Crippen LogP contribution in [0.3, 0.4) is 0 Å². The molecule has 2 heterocycles. The zero-order valence-electron chi connectivity index (χ0n) is 16.0. The second-order valence-corrected chi connectivity index (χ2v) is 6.94. The van der Waals surface area contributed by atoms with E-state index in [0.29, 0.717) is 13.2 Å². The van der Waals surface area contributed by atoms with Gasteiger partial charge in [0.15, 0.2) is 5.76 Å². The van der Waals surface area contributed by atoms with Crippen LogP contribution >= 0.6 is 0 Å². The number of piperidine rings is 1. The Morgan fingerprint density at radius 3 is 2.81 bits per heavy atom. The van der Waals surface area contributed by atoms with E-state index in [2.05, 4.69) is 15.4 Å². The lowest BCUT2D eigenvalue weighted by Gasteiger charge is -2.30. The predicted molar refractivity (Wildman–Crippen MR) is 104 cm³/mol. The first-order valence-electron chi connectivity index (χ1n) is 9.85. The Morgan fingerprint density at radius 1 is 1.30 bits per heavy atom. The molecule has 0 atom stereocenters. The summed E-state index contributed by atoms with van der Waals surface area (Å²) in [5.41, 5.74) is 1.93. The van der Waals surface area contributed by atoms with E-state index in [0.717, 1.165) is 62.5 Å². The molecule has 0 spiro atoms. The minimum absolute atomic E-state index is 0.114. The lowest BCUT2D eigenvalue weighted by molar-refractivity contribution is -0.126. The van der Waals surface area contributed by atoms with E-state index in [9.17, 15) is 4.79 Å². The van der Waals surface area contributed by atoms with Gasteiger partial charge < -0.3 is 14.6 Å². The van der Waals surface area contributed by atoms with Crippen LogP contribution in [0, 0.1) is 5.92 Å². The minimum atomic E-state index is 0.114. The number of benzene rings is 1. The molecule has 1 aliphatic heterocycles. The van der Waals surface area contributed by atoms with Gasteiger partial charge in [0.1, 0.15) is 5.69 Å². The van der Waals surface area contributed by atoms with Gasteiger partial charge in [-0.25, -0.2) is 0 Å². The molecule has 6 heteroatoms. The molecular weight excluding hydrogens is 342 g/mol. The molecule has 1 saturated heterocycles. The zero-order chi connectivity index (χ0) is 18.9. The number of aromatic nitrogens is 1. The maximum absolute atomic E-state index is 12.3. The highest BCUT2D eigenvalue weighted by Gasteiger charge is 2.25. The van der Waals surface area contributed by atoms with Crippen molar-refractivity contribution < 1.29 is 14.1 Å². The standard InChI is InChI=1S/C21H29N3O3/c1-2-26-14-6-11-22-21(25)18-9-12-24(13-10-18)16-19-15-20(23-27-19)17-7-4-3-5-8-17/h3-5,7-8,15,18H,2,6,9-14,16H2,1H3,(H,22,25). The molecule has 1 aromatic heterocycles. The van der Waals surface area contributed by atoms with Gasteiger partial charge in [-0.15, -0.1) is 0 Å². The molecule has 1 fully saturated rings. The van der Waals surface area contributed by atoms with Crippen LogP contribution in [-0.2, 0) is 16.1 Å². The van der Waals surface area contributed by atoms with Gasteiger partial charge in [-0.2, -0.15) is 0 Å². The monoisotopic (exact) mass is 371 g/mol. The van der Waals surface area contributed by atoms with Gasteiger partial charge >= 0.3 is 0 Å². The molecular formula is C21H29N3O3. The molecule has 0 aliphatic carbocycles. The third-order valence-corrected chi connectivity index (χ3v) is 4.94. The number of likely N-dealkylation sites (tertiary alicyclic amines) is 1. The van der Waals surface area contributed by atoms with Crippen LogP contribution in [0.25, 0.3) is 11.3 Å². The third kappa shape index (κ3) is 5.91. The Bertz CT molecular complexity index is 694. The van der Waals surface area contributed by atoms with Crippen molar-refractivity contribution in [1.82, 2.24) is 15.4 Å². The van der Waals surface area contributed by atoms with E-state index >= 15 is 0 Å². The predicted octanol–water partition coefficient (Wildman–Crippen LogP) is 3.10. The number of carbonyl (C=O) groups excluding carboxylic acids is 1. The highest BCUT2D eigenvalue weighted by Crippen LogP contribution is 2.22. The van der Waals surface area contributed by atoms with Gasteiger partial charge in [0.2, 0.25) is 5.91 Å². The molecule has 0 saturated carbocycles. The molecule has 0 unspecified atom stereocenters. The van der Waals surface area contributed by atoms with E-state index in [1.807, 2.05) is 43.3 Å². The topological polar surface area (TPSA) is 67.6 Å². The SMILES string of the molecule is CCOCCCNC(=O)C1CCN(Cc2cc(-c3ccccc3)no2)CC1. The van der Waals surface area contributed by atoms with E-state index in [1.54, 1.807) is 0 Å². The molecule has 0 radical (unpaired) electrons. The van der Waals surface area contributed by atoms with Crippen LogP contribution in [0.1, 0.15) is 31.9 Å². The fourth-order valence-electron chi connectivity index (χ4n) is 3.38. The summed E-state index contributed by atoms with van der Waals surface area (Å²) in [6.45, 7) is 6.65. The number of nitrogens with one attached hydrogen (secondary N) is 1. The molecule has 0 bridgehead atoms. The van der Waals surface area contributed by atoms with Crippen molar-refractivity contribution in [2.45, 2.75) is 32.7 Å². The first-order valence-corrected chi connectivity index (χ1v) is 9.85. The smallest absolute Gasteiger partial charge is 0.223 e. The highest BCUT2D eigenvalue weighted by molar-refractivity contribution is 5.78. The lowest BCUT2D eigenvalue weighted by Crippen LogP contribution is -2.40. The molecule has 27 heavy (non-hydrogen) atoms. The van der Waals surface area contributed by atoms with Crippen LogP contribution in [0.4, 0.5) is 0 Å². The quantitative estimate of drug-likeness (QED) is 0.686. The summed E-state index contributed by atoms with van der Waals surface area (Å²) in [6, 6.07) is 12.0. The Morgan fingerprint density at radius 2 is 2.07 bits per heavy atom. The van der Waals surface area contributed by atoms with Gasteiger partial charge in [0, 0.05) is 37.3 Å². The number of nitrogens with zero attached hydrogens (tertiary/aromatic N) is 2. The van der Waals surface area contributed by atoms with E-state index in [-0.39, 0.29) is 11.8 Å².